The largest absolute Gasteiger partial charge is 0.324 e. The number of benzene rings is 3. The van der Waals surface area contributed by atoms with Crippen molar-refractivity contribution in [1.82, 2.24) is 9.21 Å². The number of nitrogens with zero attached hydrogens (tertiary/aromatic N) is 3. The summed E-state index contributed by atoms with van der Waals surface area (Å²) in [6, 6.07) is 22.9. The molecule has 0 saturated carbocycles. The van der Waals surface area contributed by atoms with Gasteiger partial charge in [-0.2, -0.15) is 9.57 Å². The van der Waals surface area contributed by atoms with Crippen LogP contribution in [0.5, 0.6) is 0 Å². The fraction of sp³-hybridized carbons (Fsp3) is 0.259. The van der Waals surface area contributed by atoms with E-state index in [1.807, 2.05) is 73.3 Å². The topological polar surface area (TPSA) is 93.5 Å². The number of nitrogens with one attached hydrogen (secondary N) is 1. The van der Waals surface area contributed by atoms with Crippen molar-refractivity contribution >= 4 is 21.6 Å². The Morgan fingerprint density at radius 2 is 1.60 bits per heavy atom. The Bertz CT molecular complexity index is 1340. The summed E-state index contributed by atoms with van der Waals surface area (Å²) < 4.78 is 27.7. The van der Waals surface area contributed by atoms with Gasteiger partial charge < -0.3 is 5.32 Å². The number of sulfonamides is 1. The van der Waals surface area contributed by atoms with Gasteiger partial charge in [-0.15, -0.1) is 0 Å². The van der Waals surface area contributed by atoms with Crippen molar-refractivity contribution in [2.75, 3.05) is 31.5 Å². The number of anilines is 1. The molecule has 4 rings (SSSR count). The zero-order valence-corrected chi connectivity index (χ0v) is 20.6. The molecule has 180 valence electrons. The third-order valence-electron chi connectivity index (χ3n) is 6.27. The minimum Gasteiger partial charge on any atom is -0.324 e. The summed E-state index contributed by atoms with van der Waals surface area (Å²) in [7, 11) is -3.68. The van der Waals surface area contributed by atoms with Crippen LogP contribution in [0.3, 0.4) is 0 Å². The van der Waals surface area contributed by atoms with Crippen LogP contribution in [0.1, 0.15) is 28.3 Å². The fourth-order valence-electron chi connectivity index (χ4n) is 4.29. The number of rotatable bonds is 6. The van der Waals surface area contributed by atoms with E-state index in [1.54, 1.807) is 0 Å². The molecule has 0 unspecified atom stereocenters. The smallest absolute Gasteiger partial charge is 0.246 e. The molecule has 0 aromatic heterocycles. The highest BCUT2D eigenvalue weighted by Crippen LogP contribution is 2.27. The molecule has 0 aliphatic carbocycles. The van der Waals surface area contributed by atoms with Gasteiger partial charge in [-0.3, -0.25) is 9.69 Å². The molecule has 3 aromatic carbocycles. The van der Waals surface area contributed by atoms with Crippen molar-refractivity contribution in [3.05, 3.63) is 95.1 Å². The number of hydrogen-bond donors (Lipinski definition) is 1. The maximum absolute atomic E-state index is 13.5. The van der Waals surface area contributed by atoms with Crippen molar-refractivity contribution in [3.8, 4) is 6.07 Å². The van der Waals surface area contributed by atoms with E-state index in [0.29, 0.717) is 18.7 Å². The van der Waals surface area contributed by atoms with Crippen molar-refractivity contribution < 1.29 is 13.2 Å². The predicted octanol–water partition coefficient (Wildman–Crippen LogP) is 3.86. The Labute approximate surface area is 206 Å². The second-order valence-electron chi connectivity index (χ2n) is 8.70. The molecule has 3 aromatic rings. The highest BCUT2D eigenvalue weighted by atomic mass is 32.2. The summed E-state index contributed by atoms with van der Waals surface area (Å²) in [6.45, 7) is 5.30. The van der Waals surface area contributed by atoms with Crippen LogP contribution < -0.4 is 5.32 Å². The van der Waals surface area contributed by atoms with E-state index in [9.17, 15) is 13.2 Å². The summed E-state index contributed by atoms with van der Waals surface area (Å²) in [5.41, 5.74) is 4.09. The van der Waals surface area contributed by atoms with Crippen LogP contribution in [0.2, 0.25) is 0 Å². The van der Waals surface area contributed by atoms with Crippen LogP contribution in [-0.2, 0) is 14.8 Å². The number of amides is 1. The third kappa shape index (κ3) is 5.43. The standard InChI is InChI=1S/C27H28N4O3S/c1-20-8-9-21(2)25(18-20)29-27(32)26(23-6-4-3-5-7-23)30-14-16-31(17-15-30)35(33,34)24-12-10-22(19-28)11-13-24/h3-13,18,26H,14-17H2,1-2H3,(H,29,32)/t26-/m0/s1. The monoisotopic (exact) mass is 488 g/mol. The van der Waals surface area contributed by atoms with Crippen LogP contribution in [0.15, 0.2) is 77.7 Å². The van der Waals surface area contributed by atoms with E-state index in [0.717, 1.165) is 22.4 Å². The second-order valence-corrected chi connectivity index (χ2v) is 10.6. The van der Waals surface area contributed by atoms with E-state index in [-0.39, 0.29) is 23.9 Å². The molecular formula is C27H28N4O3S. The first-order valence-corrected chi connectivity index (χ1v) is 12.9. The molecule has 7 nitrogen and oxygen atoms in total. The number of piperazine rings is 1. The fourth-order valence-corrected chi connectivity index (χ4v) is 5.71. The van der Waals surface area contributed by atoms with Crippen LogP contribution in [0.4, 0.5) is 5.69 Å². The molecule has 8 heteroatoms. The SMILES string of the molecule is Cc1ccc(C)c(NC(=O)[C@H](c2ccccc2)N2CCN(S(=O)(=O)c3ccc(C#N)cc3)CC2)c1. The zero-order valence-electron chi connectivity index (χ0n) is 19.8. The molecule has 1 atom stereocenters. The molecule has 1 aliphatic heterocycles. The van der Waals surface area contributed by atoms with Gasteiger partial charge in [-0.25, -0.2) is 8.42 Å². The highest BCUT2D eigenvalue weighted by molar-refractivity contribution is 7.89. The number of nitriles is 1. The number of carbonyl (C=O) groups excluding carboxylic acids is 1. The lowest BCUT2D eigenvalue weighted by atomic mass is 10.0. The molecule has 1 fully saturated rings. The molecule has 1 aliphatic rings. The van der Waals surface area contributed by atoms with Gasteiger partial charge in [-0.05, 0) is 60.9 Å². The summed E-state index contributed by atoms with van der Waals surface area (Å²) in [5.74, 6) is -0.145. The first-order chi connectivity index (χ1) is 16.8. The van der Waals surface area contributed by atoms with Crippen molar-refractivity contribution in [1.29, 1.82) is 5.26 Å². The van der Waals surface area contributed by atoms with Gasteiger partial charge in [0.15, 0.2) is 0 Å². The van der Waals surface area contributed by atoms with Gasteiger partial charge in [0.05, 0.1) is 16.5 Å². The van der Waals surface area contributed by atoms with E-state index < -0.39 is 16.1 Å². The Morgan fingerprint density at radius 3 is 2.23 bits per heavy atom. The summed E-state index contributed by atoms with van der Waals surface area (Å²) in [4.78, 5) is 15.7. The molecule has 1 saturated heterocycles. The first kappa shape index (κ1) is 24.6. The van der Waals surface area contributed by atoms with E-state index >= 15 is 0 Å². The minimum atomic E-state index is -3.68. The van der Waals surface area contributed by atoms with Gasteiger partial charge in [-0.1, -0.05) is 42.5 Å². The molecule has 35 heavy (non-hydrogen) atoms. The van der Waals surface area contributed by atoms with Crippen molar-refractivity contribution in [3.63, 3.8) is 0 Å². The van der Waals surface area contributed by atoms with E-state index in [1.165, 1.54) is 28.6 Å². The lowest BCUT2D eigenvalue weighted by molar-refractivity contribution is -0.122. The van der Waals surface area contributed by atoms with Crippen LogP contribution >= 0.6 is 0 Å². The van der Waals surface area contributed by atoms with Crippen LogP contribution in [0.25, 0.3) is 0 Å². The quantitative estimate of drug-likeness (QED) is 0.569. The molecule has 1 amide bonds. The maximum Gasteiger partial charge on any atom is 0.246 e. The molecule has 0 radical (unpaired) electrons. The van der Waals surface area contributed by atoms with Crippen LogP contribution in [0, 0.1) is 25.2 Å². The minimum absolute atomic E-state index is 0.145. The van der Waals surface area contributed by atoms with Gasteiger partial charge in [0, 0.05) is 31.9 Å². The lowest BCUT2D eigenvalue weighted by Gasteiger charge is -2.38. The van der Waals surface area contributed by atoms with Gasteiger partial charge in [0.1, 0.15) is 6.04 Å². The van der Waals surface area contributed by atoms with E-state index in [2.05, 4.69) is 5.32 Å². The van der Waals surface area contributed by atoms with E-state index in [4.69, 9.17) is 5.26 Å². The molecule has 0 bridgehead atoms. The van der Waals surface area contributed by atoms with Gasteiger partial charge in [0.2, 0.25) is 15.9 Å². The predicted molar refractivity (Wildman–Crippen MR) is 135 cm³/mol. The number of carbonyl (C=O) groups is 1. The Kier molecular flexibility index (Phi) is 7.31. The first-order valence-electron chi connectivity index (χ1n) is 11.5. The normalized spacial score (nSPS) is 15.8. The Morgan fingerprint density at radius 1 is 0.943 bits per heavy atom. The Balaban J connectivity index is 1.53. The summed E-state index contributed by atoms with van der Waals surface area (Å²) >= 11 is 0. The molecular weight excluding hydrogens is 460 g/mol. The second kappa shape index (κ2) is 10.4. The number of aryl methyl sites for hydroxylation is 2. The Hall–Kier alpha value is -3.51. The third-order valence-corrected chi connectivity index (χ3v) is 8.19. The highest BCUT2D eigenvalue weighted by Gasteiger charge is 2.34. The average molecular weight is 489 g/mol. The summed E-state index contributed by atoms with van der Waals surface area (Å²) in [5, 5.41) is 12.1. The summed E-state index contributed by atoms with van der Waals surface area (Å²) in [6.07, 6.45) is 0. The molecule has 0 spiro atoms. The number of hydrogen-bond acceptors (Lipinski definition) is 5. The van der Waals surface area contributed by atoms with Gasteiger partial charge in [0.25, 0.3) is 0 Å². The zero-order chi connectivity index (χ0) is 25.0. The van der Waals surface area contributed by atoms with Crippen molar-refractivity contribution in [2.45, 2.75) is 24.8 Å². The average Bonchev–Trinajstić information content (AvgIpc) is 2.87. The van der Waals surface area contributed by atoms with Crippen molar-refractivity contribution in [2.24, 2.45) is 0 Å². The van der Waals surface area contributed by atoms with Gasteiger partial charge >= 0.3 is 0 Å². The maximum atomic E-state index is 13.5. The molecule has 1 heterocycles. The molecule has 1 N–H and O–H groups in total. The van der Waals surface area contributed by atoms with Crippen LogP contribution in [-0.4, -0.2) is 49.7 Å². The lowest BCUT2D eigenvalue weighted by Crippen LogP contribution is -2.51.